The van der Waals surface area contributed by atoms with Crippen LogP contribution in [-0.2, 0) is 6.42 Å². The predicted octanol–water partition coefficient (Wildman–Crippen LogP) is 2.39. The molecule has 0 heterocycles. The fraction of sp³-hybridized carbons (Fsp3) is 0.647. The van der Waals surface area contributed by atoms with Crippen molar-refractivity contribution in [3.8, 4) is 11.5 Å². The highest BCUT2D eigenvalue weighted by Gasteiger charge is 2.20. The lowest BCUT2D eigenvalue weighted by Gasteiger charge is -2.24. The number of quaternary nitrogens is 1. The predicted molar refractivity (Wildman–Crippen MR) is 81.5 cm³/mol. The molecule has 112 valence electrons. The summed E-state index contributed by atoms with van der Waals surface area (Å²) in [6.45, 7) is 3.54. The van der Waals surface area contributed by atoms with Crippen molar-refractivity contribution in [2.45, 2.75) is 45.1 Å². The third-order valence-electron chi connectivity index (χ3n) is 4.36. The summed E-state index contributed by atoms with van der Waals surface area (Å²) in [6.07, 6.45) is 6.67. The quantitative estimate of drug-likeness (QED) is 0.867. The van der Waals surface area contributed by atoms with Gasteiger partial charge in [0.15, 0.2) is 11.5 Å². The summed E-state index contributed by atoms with van der Waals surface area (Å²) < 4.78 is 10.6. The molecular weight excluding hydrogens is 250 g/mol. The first-order chi connectivity index (χ1) is 9.72. The van der Waals surface area contributed by atoms with Crippen molar-refractivity contribution in [3.63, 3.8) is 0 Å². The minimum absolute atomic E-state index is 0.807. The molecule has 1 aromatic rings. The highest BCUT2D eigenvalue weighted by atomic mass is 16.5. The molecule has 3 nitrogen and oxygen atoms in total. The number of rotatable bonds is 6. The molecule has 2 atom stereocenters. The van der Waals surface area contributed by atoms with Gasteiger partial charge in [-0.15, -0.1) is 0 Å². The van der Waals surface area contributed by atoms with E-state index in [4.69, 9.17) is 9.47 Å². The molecule has 0 bridgehead atoms. The van der Waals surface area contributed by atoms with E-state index in [-0.39, 0.29) is 0 Å². The van der Waals surface area contributed by atoms with Gasteiger partial charge in [-0.1, -0.05) is 19.4 Å². The van der Waals surface area contributed by atoms with Crippen LogP contribution in [0.1, 0.15) is 38.2 Å². The molecule has 1 aromatic carbocycles. The average molecular weight is 278 g/mol. The van der Waals surface area contributed by atoms with E-state index in [0.29, 0.717) is 0 Å². The van der Waals surface area contributed by atoms with Gasteiger partial charge in [-0.2, -0.15) is 0 Å². The maximum atomic E-state index is 5.35. The Morgan fingerprint density at radius 2 is 1.95 bits per heavy atom. The highest BCUT2D eigenvalue weighted by Crippen LogP contribution is 2.27. The topological polar surface area (TPSA) is 35.1 Å². The molecule has 0 unspecified atom stereocenters. The second kappa shape index (κ2) is 7.53. The summed E-state index contributed by atoms with van der Waals surface area (Å²) in [4.78, 5) is 0. The number of ether oxygens (including phenoxy) is 2. The second-order valence-electron chi connectivity index (χ2n) is 6.00. The van der Waals surface area contributed by atoms with E-state index >= 15 is 0 Å². The van der Waals surface area contributed by atoms with Crippen LogP contribution in [0.5, 0.6) is 11.5 Å². The van der Waals surface area contributed by atoms with E-state index in [1.807, 2.05) is 6.07 Å². The van der Waals surface area contributed by atoms with Gasteiger partial charge >= 0.3 is 0 Å². The van der Waals surface area contributed by atoms with Gasteiger partial charge in [-0.05, 0) is 36.5 Å². The summed E-state index contributed by atoms with van der Waals surface area (Å²) >= 11 is 0. The average Bonchev–Trinajstić information content (AvgIpc) is 2.47. The Balaban J connectivity index is 1.81. The molecule has 0 saturated heterocycles. The maximum Gasteiger partial charge on any atom is 0.160 e. The van der Waals surface area contributed by atoms with E-state index < -0.39 is 0 Å². The first-order valence-corrected chi connectivity index (χ1v) is 7.77. The van der Waals surface area contributed by atoms with Crippen LogP contribution in [0.2, 0.25) is 0 Å². The molecule has 2 rings (SSSR count). The molecule has 0 amide bonds. The summed E-state index contributed by atoms with van der Waals surface area (Å²) in [5, 5.41) is 2.53. The van der Waals surface area contributed by atoms with Crippen molar-refractivity contribution in [2.75, 3.05) is 20.8 Å². The molecule has 0 aromatic heterocycles. The minimum Gasteiger partial charge on any atom is -0.493 e. The van der Waals surface area contributed by atoms with Crippen LogP contribution in [0, 0.1) is 5.92 Å². The van der Waals surface area contributed by atoms with Crippen molar-refractivity contribution < 1.29 is 14.8 Å². The van der Waals surface area contributed by atoms with Gasteiger partial charge < -0.3 is 14.8 Å². The highest BCUT2D eigenvalue weighted by molar-refractivity contribution is 5.42. The second-order valence-corrected chi connectivity index (χ2v) is 6.00. The largest absolute Gasteiger partial charge is 0.493 e. The number of nitrogens with two attached hydrogens (primary N) is 1. The fourth-order valence-corrected chi connectivity index (χ4v) is 3.22. The SMILES string of the molecule is COc1ccc(CC[NH2+][C@H]2CCC[C@H](C)C2)cc1OC. The lowest BCUT2D eigenvalue weighted by Crippen LogP contribution is -2.90. The monoisotopic (exact) mass is 278 g/mol. The van der Waals surface area contributed by atoms with Gasteiger partial charge in [0.05, 0.1) is 26.8 Å². The zero-order valence-corrected chi connectivity index (χ0v) is 13.0. The summed E-state index contributed by atoms with van der Waals surface area (Å²) in [6, 6.07) is 7.06. The molecule has 0 spiro atoms. The van der Waals surface area contributed by atoms with Crippen LogP contribution in [0.3, 0.4) is 0 Å². The summed E-state index contributed by atoms with van der Waals surface area (Å²) in [5.74, 6) is 2.55. The van der Waals surface area contributed by atoms with Crippen molar-refractivity contribution in [2.24, 2.45) is 5.92 Å². The van der Waals surface area contributed by atoms with Crippen molar-refractivity contribution in [1.29, 1.82) is 0 Å². The Labute approximate surface area is 122 Å². The molecular formula is C17H28NO2+. The van der Waals surface area contributed by atoms with E-state index in [1.165, 1.54) is 31.2 Å². The number of benzene rings is 1. The number of hydrogen-bond donors (Lipinski definition) is 1. The van der Waals surface area contributed by atoms with Gasteiger partial charge in [0, 0.05) is 12.8 Å². The zero-order chi connectivity index (χ0) is 14.4. The molecule has 1 aliphatic carbocycles. The van der Waals surface area contributed by atoms with Crippen LogP contribution in [0.25, 0.3) is 0 Å². The lowest BCUT2D eigenvalue weighted by atomic mass is 9.87. The van der Waals surface area contributed by atoms with Gasteiger partial charge in [0.25, 0.3) is 0 Å². The van der Waals surface area contributed by atoms with Crippen molar-refractivity contribution >= 4 is 0 Å². The molecule has 20 heavy (non-hydrogen) atoms. The van der Waals surface area contributed by atoms with Crippen molar-refractivity contribution in [1.82, 2.24) is 0 Å². The first-order valence-electron chi connectivity index (χ1n) is 7.77. The smallest absolute Gasteiger partial charge is 0.160 e. The Hall–Kier alpha value is -1.22. The molecule has 1 fully saturated rings. The van der Waals surface area contributed by atoms with E-state index in [2.05, 4.69) is 24.4 Å². The fourth-order valence-electron chi connectivity index (χ4n) is 3.22. The van der Waals surface area contributed by atoms with E-state index in [0.717, 1.165) is 36.4 Å². The third kappa shape index (κ3) is 4.14. The third-order valence-corrected chi connectivity index (χ3v) is 4.36. The normalized spacial score (nSPS) is 22.6. The van der Waals surface area contributed by atoms with Gasteiger partial charge in [-0.25, -0.2) is 0 Å². The van der Waals surface area contributed by atoms with Gasteiger partial charge in [0.1, 0.15) is 0 Å². The number of methoxy groups -OCH3 is 2. The minimum atomic E-state index is 0.807. The van der Waals surface area contributed by atoms with Crippen LogP contribution in [0.15, 0.2) is 18.2 Å². The number of hydrogen-bond acceptors (Lipinski definition) is 2. The van der Waals surface area contributed by atoms with Crippen LogP contribution in [-0.4, -0.2) is 26.8 Å². The Morgan fingerprint density at radius 1 is 1.15 bits per heavy atom. The maximum absolute atomic E-state index is 5.35. The molecule has 1 saturated carbocycles. The van der Waals surface area contributed by atoms with Crippen LogP contribution in [0.4, 0.5) is 0 Å². The van der Waals surface area contributed by atoms with Crippen LogP contribution < -0.4 is 14.8 Å². The Bertz CT molecular complexity index is 419. The lowest BCUT2D eigenvalue weighted by molar-refractivity contribution is -0.692. The summed E-state index contributed by atoms with van der Waals surface area (Å²) in [7, 11) is 3.37. The molecule has 0 radical (unpaired) electrons. The van der Waals surface area contributed by atoms with Gasteiger partial charge in [-0.3, -0.25) is 0 Å². The molecule has 3 heteroatoms. The molecule has 0 aliphatic heterocycles. The molecule has 1 aliphatic rings. The molecule has 2 N–H and O–H groups in total. The summed E-state index contributed by atoms with van der Waals surface area (Å²) in [5.41, 5.74) is 1.32. The zero-order valence-electron chi connectivity index (χ0n) is 13.0. The van der Waals surface area contributed by atoms with Crippen LogP contribution >= 0.6 is 0 Å². The van der Waals surface area contributed by atoms with Crippen molar-refractivity contribution in [3.05, 3.63) is 23.8 Å². The van der Waals surface area contributed by atoms with Gasteiger partial charge in [0.2, 0.25) is 0 Å². The van der Waals surface area contributed by atoms with E-state index in [9.17, 15) is 0 Å². The Kier molecular flexibility index (Phi) is 5.72. The van der Waals surface area contributed by atoms with E-state index in [1.54, 1.807) is 14.2 Å². The Morgan fingerprint density at radius 3 is 2.65 bits per heavy atom. The first kappa shape index (κ1) is 15.2. The standard InChI is InChI=1S/C17H27NO2/c1-13-5-4-6-15(11-13)18-10-9-14-7-8-16(19-2)17(12-14)20-3/h7-8,12-13,15,18H,4-6,9-11H2,1-3H3/p+1/t13-,15-/m0/s1.